The summed E-state index contributed by atoms with van der Waals surface area (Å²) in [6, 6.07) is 5.77. The van der Waals surface area contributed by atoms with Gasteiger partial charge in [-0.2, -0.15) is 0 Å². The number of aliphatic hydroxyl groups excluding tert-OH is 1. The number of aliphatic hydroxyl groups is 1. The number of aromatic amines is 1. The fraction of sp³-hybridized carbons (Fsp3) is 0.0714. The zero-order chi connectivity index (χ0) is 14.2. The maximum atomic E-state index is 10.3. The van der Waals surface area contributed by atoms with Crippen molar-refractivity contribution in [2.75, 3.05) is 5.32 Å². The first-order valence-electron chi connectivity index (χ1n) is 6.38. The number of anilines is 2. The number of benzene rings is 1. The number of nitrogens with one attached hydrogen (secondary N) is 2. The Labute approximate surface area is 124 Å². The molecule has 0 saturated carbocycles. The van der Waals surface area contributed by atoms with Gasteiger partial charge in [-0.3, -0.25) is 0 Å². The molecular weight excluding hydrogens is 286 g/mol. The molecule has 4 rings (SSSR count). The monoisotopic (exact) mass is 297 g/mol. The second-order valence-corrected chi connectivity index (χ2v) is 5.60. The zero-order valence-corrected chi connectivity index (χ0v) is 11.6. The van der Waals surface area contributed by atoms with Crippen molar-refractivity contribution in [3.63, 3.8) is 0 Å². The summed E-state index contributed by atoms with van der Waals surface area (Å²) in [5.74, 6) is 1.26. The quantitative estimate of drug-likeness (QED) is 0.527. The highest BCUT2D eigenvalue weighted by Crippen LogP contribution is 2.42. The van der Waals surface area contributed by atoms with Gasteiger partial charge in [0.15, 0.2) is 5.82 Å². The first-order chi connectivity index (χ1) is 10.3. The second kappa shape index (κ2) is 4.87. The largest absolute Gasteiger partial charge is 0.380 e. The molecule has 3 aromatic rings. The Balaban J connectivity index is 1.70. The fourth-order valence-electron chi connectivity index (χ4n) is 2.21. The summed E-state index contributed by atoms with van der Waals surface area (Å²) in [4.78, 5) is 16.6. The third kappa shape index (κ3) is 2.16. The lowest BCUT2D eigenvalue weighted by atomic mass is 10.1. The van der Waals surface area contributed by atoms with Crippen molar-refractivity contribution in [2.24, 2.45) is 0 Å². The van der Waals surface area contributed by atoms with Gasteiger partial charge < -0.3 is 15.4 Å². The molecule has 0 amide bonds. The van der Waals surface area contributed by atoms with E-state index < -0.39 is 6.10 Å². The van der Waals surface area contributed by atoms with Crippen LogP contribution in [0.15, 0.2) is 52.9 Å². The molecule has 0 aliphatic carbocycles. The summed E-state index contributed by atoms with van der Waals surface area (Å²) >= 11 is 1.56. The van der Waals surface area contributed by atoms with Crippen molar-refractivity contribution in [3.8, 4) is 0 Å². The van der Waals surface area contributed by atoms with Crippen LogP contribution < -0.4 is 5.32 Å². The molecule has 0 radical (unpaired) electrons. The predicted molar refractivity (Wildman–Crippen MR) is 78.5 cm³/mol. The third-order valence-electron chi connectivity index (χ3n) is 3.22. The van der Waals surface area contributed by atoms with Crippen LogP contribution in [0.2, 0.25) is 0 Å². The van der Waals surface area contributed by atoms with Crippen molar-refractivity contribution in [1.29, 1.82) is 0 Å². The highest BCUT2D eigenvalue weighted by molar-refractivity contribution is 7.99. The van der Waals surface area contributed by atoms with Gasteiger partial charge in [-0.1, -0.05) is 17.8 Å². The van der Waals surface area contributed by atoms with E-state index in [-0.39, 0.29) is 0 Å². The van der Waals surface area contributed by atoms with E-state index in [2.05, 4.69) is 25.3 Å². The minimum absolute atomic E-state index is 0.526. The normalized spacial score (nSPS) is 14.0. The number of imidazole rings is 1. The van der Waals surface area contributed by atoms with Crippen LogP contribution in [0.4, 0.5) is 11.5 Å². The molecule has 1 unspecified atom stereocenters. The van der Waals surface area contributed by atoms with E-state index in [4.69, 9.17) is 0 Å². The van der Waals surface area contributed by atoms with Crippen LogP contribution >= 0.6 is 11.8 Å². The van der Waals surface area contributed by atoms with Crippen molar-refractivity contribution in [3.05, 3.63) is 54.4 Å². The number of fused-ring (bicyclic) bond motifs is 2. The number of aromatic nitrogens is 4. The molecule has 0 fully saturated rings. The number of nitrogens with zero attached hydrogens (tertiary/aromatic N) is 3. The molecule has 6 nitrogen and oxygen atoms in total. The molecule has 1 aromatic carbocycles. The summed E-state index contributed by atoms with van der Waals surface area (Å²) in [6.07, 6.45) is 5.86. The lowest BCUT2D eigenvalue weighted by Gasteiger charge is -2.20. The van der Waals surface area contributed by atoms with Gasteiger partial charge in [0, 0.05) is 29.7 Å². The Bertz CT molecular complexity index is 790. The van der Waals surface area contributed by atoms with E-state index in [1.165, 1.54) is 0 Å². The van der Waals surface area contributed by atoms with Gasteiger partial charge in [-0.05, 0) is 17.7 Å². The number of hydrogen-bond acceptors (Lipinski definition) is 6. The Morgan fingerprint density at radius 3 is 2.86 bits per heavy atom. The molecule has 0 bridgehead atoms. The summed E-state index contributed by atoms with van der Waals surface area (Å²) in [7, 11) is 0. The molecule has 1 aliphatic rings. The maximum Gasteiger partial charge on any atom is 0.163 e. The van der Waals surface area contributed by atoms with E-state index in [1.807, 2.05) is 18.2 Å². The smallest absolute Gasteiger partial charge is 0.163 e. The van der Waals surface area contributed by atoms with Crippen LogP contribution in [0.5, 0.6) is 0 Å². The van der Waals surface area contributed by atoms with Gasteiger partial charge in [0.05, 0.1) is 5.69 Å². The molecular formula is C14H11N5OS. The van der Waals surface area contributed by atoms with E-state index in [0.29, 0.717) is 5.82 Å². The summed E-state index contributed by atoms with van der Waals surface area (Å²) < 4.78 is 0. The van der Waals surface area contributed by atoms with Crippen LogP contribution in [-0.4, -0.2) is 25.0 Å². The molecule has 21 heavy (non-hydrogen) atoms. The molecule has 1 atom stereocenters. The molecule has 3 heterocycles. The first kappa shape index (κ1) is 12.4. The molecule has 2 aromatic heterocycles. The van der Waals surface area contributed by atoms with Crippen LogP contribution in [0.3, 0.4) is 0 Å². The van der Waals surface area contributed by atoms with Crippen molar-refractivity contribution >= 4 is 23.3 Å². The van der Waals surface area contributed by atoms with Gasteiger partial charge in [0.2, 0.25) is 0 Å². The minimum atomic E-state index is -0.777. The summed E-state index contributed by atoms with van der Waals surface area (Å²) in [5, 5.41) is 14.4. The maximum absolute atomic E-state index is 10.3. The number of hydrogen-bond donors (Lipinski definition) is 3. The number of rotatable bonds is 2. The SMILES string of the molecule is OC(c1ccc2c(c1)Nc1nccnc1S2)c1ncc[nH]1. The standard InChI is InChI=1S/C14H11N5OS/c20-11(12-15-3-4-16-12)8-1-2-10-9(7-8)19-13-14(21-10)18-6-5-17-13/h1-7,11,20H,(H,15,16)(H,17,19). The highest BCUT2D eigenvalue weighted by atomic mass is 32.2. The Kier molecular flexibility index (Phi) is 2.87. The van der Waals surface area contributed by atoms with Crippen molar-refractivity contribution in [2.45, 2.75) is 16.0 Å². The summed E-state index contributed by atoms with van der Waals surface area (Å²) in [5.41, 5.74) is 1.68. The second-order valence-electron chi connectivity index (χ2n) is 4.57. The van der Waals surface area contributed by atoms with Gasteiger partial charge in [-0.25, -0.2) is 15.0 Å². The number of H-pyrrole nitrogens is 1. The molecule has 104 valence electrons. The lowest BCUT2D eigenvalue weighted by Crippen LogP contribution is -2.06. The van der Waals surface area contributed by atoms with Gasteiger partial charge >= 0.3 is 0 Å². The van der Waals surface area contributed by atoms with Crippen LogP contribution in [0.25, 0.3) is 0 Å². The average Bonchev–Trinajstić information content (AvgIpc) is 3.06. The third-order valence-corrected chi connectivity index (χ3v) is 4.29. The molecule has 0 spiro atoms. The van der Waals surface area contributed by atoms with E-state index in [9.17, 15) is 5.11 Å². The van der Waals surface area contributed by atoms with Crippen LogP contribution in [0.1, 0.15) is 17.5 Å². The Morgan fingerprint density at radius 2 is 2.00 bits per heavy atom. The molecule has 7 heteroatoms. The van der Waals surface area contributed by atoms with E-state index in [1.54, 1.807) is 36.5 Å². The Hall–Kier alpha value is -2.38. The average molecular weight is 297 g/mol. The van der Waals surface area contributed by atoms with Gasteiger partial charge in [0.25, 0.3) is 0 Å². The van der Waals surface area contributed by atoms with Crippen molar-refractivity contribution < 1.29 is 5.11 Å². The predicted octanol–water partition coefficient (Wildman–Crippen LogP) is 2.49. The zero-order valence-electron chi connectivity index (χ0n) is 10.8. The lowest BCUT2D eigenvalue weighted by molar-refractivity contribution is 0.211. The van der Waals surface area contributed by atoms with Crippen molar-refractivity contribution in [1.82, 2.24) is 19.9 Å². The topological polar surface area (TPSA) is 86.7 Å². The highest BCUT2D eigenvalue weighted by Gasteiger charge is 2.20. The molecule has 0 saturated heterocycles. The molecule has 3 N–H and O–H groups in total. The van der Waals surface area contributed by atoms with Gasteiger partial charge in [-0.15, -0.1) is 0 Å². The van der Waals surface area contributed by atoms with Gasteiger partial charge in [0.1, 0.15) is 17.0 Å². The Morgan fingerprint density at radius 1 is 1.10 bits per heavy atom. The fourth-order valence-corrected chi connectivity index (χ4v) is 3.08. The van der Waals surface area contributed by atoms with E-state index >= 15 is 0 Å². The van der Waals surface area contributed by atoms with Crippen LogP contribution in [0, 0.1) is 0 Å². The van der Waals surface area contributed by atoms with E-state index in [0.717, 1.165) is 27.0 Å². The summed E-state index contributed by atoms with van der Waals surface area (Å²) in [6.45, 7) is 0. The minimum Gasteiger partial charge on any atom is -0.380 e. The van der Waals surface area contributed by atoms with Crippen LogP contribution in [-0.2, 0) is 0 Å². The molecule has 1 aliphatic heterocycles. The first-order valence-corrected chi connectivity index (χ1v) is 7.20.